The molecule has 0 aliphatic carbocycles. The molecule has 0 saturated carbocycles. The lowest BCUT2D eigenvalue weighted by Gasteiger charge is -2.26. The van der Waals surface area contributed by atoms with E-state index in [0.717, 1.165) is 35.3 Å². The van der Waals surface area contributed by atoms with E-state index in [4.69, 9.17) is 9.47 Å². The lowest BCUT2D eigenvalue weighted by Crippen LogP contribution is -2.21. The number of rotatable bonds is 8. The summed E-state index contributed by atoms with van der Waals surface area (Å²) in [6.07, 6.45) is 12.3. The molecule has 1 aliphatic rings. The van der Waals surface area contributed by atoms with Gasteiger partial charge in [0.15, 0.2) is 0 Å². The maximum absolute atomic E-state index is 11.5. The van der Waals surface area contributed by atoms with E-state index in [-0.39, 0.29) is 12.1 Å². The summed E-state index contributed by atoms with van der Waals surface area (Å²) in [4.78, 5) is 11.5. The van der Waals surface area contributed by atoms with E-state index in [2.05, 4.69) is 25.1 Å². The Hall–Kier alpha value is -2.29. The predicted molar refractivity (Wildman–Crippen MR) is 103 cm³/mol. The molecule has 1 aromatic carbocycles. The number of ether oxygens (including phenoxy) is 2. The normalized spacial score (nSPS) is 17.0. The number of carbonyl (C=O) groups excluding carboxylic acids is 1. The van der Waals surface area contributed by atoms with E-state index in [9.17, 15) is 4.79 Å². The third-order valence-electron chi connectivity index (χ3n) is 4.12. The van der Waals surface area contributed by atoms with Crippen molar-refractivity contribution in [1.29, 1.82) is 0 Å². The van der Waals surface area contributed by atoms with Crippen molar-refractivity contribution >= 4 is 12.0 Å². The average Bonchev–Trinajstić information content (AvgIpc) is 2.60. The molecular formula is C22H28O3. The molecular weight excluding hydrogens is 312 g/mol. The second-order valence-corrected chi connectivity index (χ2v) is 6.26. The molecule has 1 heterocycles. The van der Waals surface area contributed by atoms with Crippen LogP contribution in [0.5, 0.6) is 5.75 Å². The zero-order chi connectivity index (χ0) is 18.1. The first-order valence-electron chi connectivity index (χ1n) is 9.14. The minimum atomic E-state index is -0.302. The van der Waals surface area contributed by atoms with E-state index >= 15 is 0 Å². The van der Waals surface area contributed by atoms with Gasteiger partial charge in [-0.25, -0.2) is 4.79 Å². The summed E-state index contributed by atoms with van der Waals surface area (Å²) in [6, 6.07) is 8.10. The monoisotopic (exact) mass is 340 g/mol. The van der Waals surface area contributed by atoms with E-state index in [0.29, 0.717) is 6.61 Å². The summed E-state index contributed by atoms with van der Waals surface area (Å²) in [6.45, 7) is 6.30. The van der Waals surface area contributed by atoms with Crippen LogP contribution in [0.25, 0.3) is 6.08 Å². The molecule has 2 rings (SSSR count). The molecule has 0 N–H and O–H groups in total. The van der Waals surface area contributed by atoms with Gasteiger partial charge in [-0.3, -0.25) is 0 Å². The summed E-state index contributed by atoms with van der Waals surface area (Å²) in [7, 11) is 0. The second kappa shape index (κ2) is 9.87. The van der Waals surface area contributed by atoms with Crippen LogP contribution in [-0.2, 0) is 9.53 Å². The largest absolute Gasteiger partial charge is 0.485 e. The van der Waals surface area contributed by atoms with Gasteiger partial charge in [0.2, 0.25) is 0 Å². The van der Waals surface area contributed by atoms with Crippen molar-refractivity contribution in [2.45, 2.75) is 52.6 Å². The summed E-state index contributed by atoms with van der Waals surface area (Å²) in [5.41, 5.74) is 3.11. The van der Waals surface area contributed by atoms with Gasteiger partial charge in [-0.1, -0.05) is 50.1 Å². The zero-order valence-corrected chi connectivity index (χ0v) is 15.5. The van der Waals surface area contributed by atoms with Gasteiger partial charge in [-0.05, 0) is 50.0 Å². The minimum Gasteiger partial charge on any atom is -0.485 e. The maximum atomic E-state index is 11.5. The van der Waals surface area contributed by atoms with Crippen LogP contribution >= 0.6 is 0 Å². The van der Waals surface area contributed by atoms with Crippen molar-refractivity contribution in [3.63, 3.8) is 0 Å². The predicted octanol–water partition coefficient (Wildman–Crippen LogP) is 5.48. The number of benzene rings is 1. The molecule has 0 amide bonds. The Bertz CT molecular complexity index is 668. The number of unbranched alkanes of at least 4 members (excludes halogenated alkanes) is 2. The minimum absolute atomic E-state index is 0.0630. The van der Waals surface area contributed by atoms with Gasteiger partial charge in [0.1, 0.15) is 11.9 Å². The first-order valence-corrected chi connectivity index (χ1v) is 9.14. The topological polar surface area (TPSA) is 35.5 Å². The fraction of sp³-hybridized carbons (Fsp3) is 0.409. The summed E-state index contributed by atoms with van der Waals surface area (Å²) in [5, 5.41) is 0. The molecule has 134 valence electrons. The number of hydrogen-bond donors (Lipinski definition) is 0. The van der Waals surface area contributed by atoms with Gasteiger partial charge < -0.3 is 9.47 Å². The number of hydrogen-bond acceptors (Lipinski definition) is 3. The van der Waals surface area contributed by atoms with Crippen molar-refractivity contribution in [2.75, 3.05) is 6.61 Å². The molecule has 1 aromatic rings. The van der Waals surface area contributed by atoms with Gasteiger partial charge in [0.25, 0.3) is 0 Å². The Morgan fingerprint density at radius 2 is 2.04 bits per heavy atom. The van der Waals surface area contributed by atoms with Crippen LogP contribution in [0.2, 0.25) is 0 Å². The highest BCUT2D eigenvalue weighted by atomic mass is 16.5. The number of para-hydroxylation sites is 1. The molecule has 1 aliphatic heterocycles. The number of esters is 1. The van der Waals surface area contributed by atoms with E-state index in [1.807, 2.05) is 31.2 Å². The van der Waals surface area contributed by atoms with Crippen LogP contribution in [0.1, 0.15) is 52.0 Å². The van der Waals surface area contributed by atoms with E-state index in [1.54, 1.807) is 6.92 Å². The smallest absolute Gasteiger partial charge is 0.330 e. The molecule has 1 atom stereocenters. The lowest BCUT2D eigenvalue weighted by atomic mass is 9.96. The van der Waals surface area contributed by atoms with Crippen molar-refractivity contribution < 1.29 is 14.3 Å². The number of allylic oxidation sites excluding steroid dienone is 2. The maximum Gasteiger partial charge on any atom is 0.330 e. The fourth-order valence-electron chi connectivity index (χ4n) is 2.81. The summed E-state index contributed by atoms with van der Waals surface area (Å²) >= 11 is 0. The second-order valence-electron chi connectivity index (χ2n) is 6.26. The Morgan fingerprint density at radius 1 is 1.24 bits per heavy atom. The van der Waals surface area contributed by atoms with Crippen LogP contribution in [-0.4, -0.2) is 18.7 Å². The molecule has 0 spiro atoms. The molecule has 0 bridgehead atoms. The Kier molecular flexibility index (Phi) is 7.52. The van der Waals surface area contributed by atoms with Crippen molar-refractivity contribution in [2.24, 2.45) is 0 Å². The summed E-state index contributed by atoms with van der Waals surface area (Å²) in [5.74, 6) is 0.642. The number of fused-ring (bicyclic) bond motifs is 1. The number of carbonyl (C=O) groups is 1. The standard InChI is InChI=1S/C22H28O3/c1-4-6-7-11-21-19(14-13-17(3)15-22(23)24-5-2)16-18-10-8-9-12-20(18)25-21/h8-10,12-16,21H,4-7,11H2,1-3H3/b14-13+,17-15+. The molecule has 25 heavy (non-hydrogen) atoms. The Balaban J connectivity index is 2.16. The van der Waals surface area contributed by atoms with Crippen LogP contribution in [0.15, 0.2) is 53.6 Å². The van der Waals surface area contributed by atoms with E-state index in [1.165, 1.54) is 18.9 Å². The van der Waals surface area contributed by atoms with Gasteiger partial charge >= 0.3 is 5.97 Å². The Morgan fingerprint density at radius 3 is 2.80 bits per heavy atom. The van der Waals surface area contributed by atoms with E-state index < -0.39 is 0 Å². The fourth-order valence-corrected chi connectivity index (χ4v) is 2.81. The third kappa shape index (κ3) is 5.93. The zero-order valence-electron chi connectivity index (χ0n) is 15.5. The highest BCUT2D eigenvalue weighted by molar-refractivity contribution is 5.83. The van der Waals surface area contributed by atoms with Crippen molar-refractivity contribution in [3.05, 3.63) is 59.2 Å². The molecule has 1 unspecified atom stereocenters. The SMILES string of the molecule is CCCCCC1Oc2ccccc2C=C1/C=C/C(C)=C/C(=O)OCC. The quantitative estimate of drug-likeness (QED) is 0.272. The van der Waals surface area contributed by atoms with Gasteiger partial charge in [-0.2, -0.15) is 0 Å². The molecule has 3 nitrogen and oxygen atoms in total. The van der Waals surface area contributed by atoms with Crippen LogP contribution < -0.4 is 4.74 Å². The first kappa shape index (κ1) is 19.0. The van der Waals surface area contributed by atoms with Gasteiger partial charge in [0.05, 0.1) is 6.61 Å². The van der Waals surface area contributed by atoms with Crippen LogP contribution in [0.3, 0.4) is 0 Å². The van der Waals surface area contributed by atoms with Crippen LogP contribution in [0, 0.1) is 0 Å². The van der Waals surface area contributed by atoms with Crippen molar-refractivity contribution in [3.8, 4) is 5.75 Å². The molecule has 0 aromatic heterocycles. The molecule has 0 saturated heterocycles. The summed E-state index contributed by atoms with van der Waals surface area (Å²) < 4.78 is 11.2. The Labute approximate surface area is 151 Å². The van der Waals surface area contributed by atoms with Gasteiger partial charge in [0, 0.05) is 11.6 Å². The van der Waals surface area contributed by atoms with Crippen molar-refractivity contribution in [1.82, 2.24) is 0 Å². The molecule has 0 fully saturated rings. The van der Waals surface area contributed by atoms with Crippen LogP contribution in [0.4, 0.5) is 0 Å². The lowest BCUT2D eigenvalue weighted by molar-refractivity contribution is -0.137. The molecule has 0 radical (unpaired) electrons. The first-order chi connectivity index (χ1) is 12.1. The molecule has 3 heteroatoms. The van der Waals surface area contributed by atoms with Gasteiger partial charge in [-0.15, -0.1) is 0 Å². The highest BCUT2D eigenvalue weighted by Crippen LogP contribution is 2.32. The average molecular weight is 340 g/mol. The highest BCUT2D eigenvalue weighted by Gasteiger charge is 2.20. The third-order valence-corrected chi connectivity index (χ3v) is 4.12.